The maximum Gasteiger partial charge on any atom is 0.245 e. The number of rotatable bonds is 7. The number of ether oxygens (including phenoxy) is 3. The summed E-state index contributed by atoms with van der Waals surface area (Å²) in [6.45, 7) is 3.94. The molecule has 1 saturated heterocycles. The van der Waals surface area contributed by atoms with E-state index in [2.05, 4.69) is 10.6 Å². The molecule has 2 aliphatic heterocycles. The van der Waals surface area contributed by atoms with Crippen molar-refractivity contribution in [3.63, 3.8) is 0 Å². The van der Waals surface area contributed by atoms with Gasteiger partial charge in [0.15, 0.2) is 11.5 Å². The van der Waals surface area contributed by atoms with E-state index in [1.54, 1.807) is 49.9 Å². The predicted molar refractivity (Wildman–Crippen MR) is 167 cm³/mol. The average molecular weight is 627 g/mol. The molecule has 44 heavy (non-hydrogen) atoms. The molecule has 0 bridgehead atoms. The number of hydrogen-bond donors (Lipinski definition) is 2. The number of hydrogen-bond acceptors (Lipinski definition) is 8. The number of carbonyl (C=O) groups excluding carboxylic acids is 4. The van der Waals surface area contributed by atoms with Gasteiger partial charge in [0.25, 0.3) is 0 Å². The Kier molecular flexibility index (Phi) is 12.2. The minimum Gasteiger partial charge on any atom is -0.497 e. The number of benzene rings is 2. The Morgan fingerprint density at radius 1 is 1.02 bits per heavy atom. The predicted octanol–water partition coefficient (Wildman–Crippen LogP) is 2.65. The molecule has 12 heteroatoms. The molecule has 0 saturated carbocycles. The zero-order chi connectivity index (χ0) is 31.5. The van der Waals surface area contributed by atoms with Gasteiger partial charge in [0.1, 0.15) is 31.0 Å². The Balaban J connectivity index is 1.37. The average Bonchev–Trinajstić information content (AvgIpc) is 3.04. The number of carbonyl (C=O) groups is 4. The van der Waals surface area contributed by atoms with Gasteiger partial charge >= 0.3 is 0 Å². The molecule has 0 radical (unpaired) electrons. The smallest absolute Gasteiger partial charge is 0.245 e. The van der Waals surface area contributed by atoms with Gasteiger partial charge in [0.05, 0.1) is 7.11 Å². The van der Waals surface area contributed by atoms with Crippen molar-refractivity contribution in [1.82, 2.24) is 20.4 Å². The molecule has 0 aliphatic carbocycles. The first-order valence-electron chi connectivity index (χ1n) is 15.0. The Bertz CT molecular complexity index is 1310. The quantitative estimate of drug-likeness (QED) is 0.450. The number of likely N-dealkylation sites (N-methyl/N-ethyl adjacent to an activating group) is 1. The number of nitrogens with zero attached hydrogens (tertiary/aromatic N) is 2. The Morgan fingerprint density at radius 2 is 1.75 bits per heavy atom. The molecule has 0 unspecified atom stereocenters. The molecule has 2 aliphatic rings. The third kappa shape index (κ3) is 9.28. The normalized spacial score (nSPS) is 20.2. The molecular formula is C32H42N4O7S. The van der Waals surface area contributed by atoms with Crippen molar-refractivity contribution in [2.45, 2.75) is 56.0 Å². The second-order valence-electron chi connectivity index (χ2n) is 10.8. The molecule has 11 nitrogen and oxygen atoms in total. The molecule has 2 heterocycles. The summed E-state index contributed by atoms with van der Waals surface area (Å²) in [6.07, 6.45) is 1.77. The number of nitrogens with one attached hydrogen (secondary N) is 2. The van der Waals surface area contributed by atoms with E-state index in [4.69, 9.17) is 14.2 Å². The van der Waals surface area contributed by atoms with Crippen molar-refractivity contribution in [2.75, 3.05) is 52.8 Å². The highest BCUT2D eigenvalue weighted by Crippen LogP contribution is 2.34. The van der Waals surface area contributed by atoms with E-state index in [9.17, 15) is 19.2 Å². The fourth-order valence-electron chi connectivity index (χ4n) is 5.03. The summed E-state index contributed by atoms with van der Waals surface area (Å²) in [5, 5.41) is 5.77. The van der Waals surface area contributed by atoms with Crippen LogP contribution in [0.2, 0.25) is 0 Å². The Labute approximate surface area is 263 Å². The lowest BCUT2D eigenvalue weighted by atomic mass is 10.0. The van der Waals surface area contributed by atoms with Crippen LogP contribution in [0.1, 0.15) is 38.2 Å². The van der Waals surface area contributed by atoms with E-state index in [-0.39, 0.29) is 36.5 Å². The molecule has 0 aromatic heterocycles. The van der Waals surface area contributed by atoms with Gasteiger partial charge in [0.2, 0.25) is 23.6 Å². The summed E-state index contributed by atoms with van der Waals surface area (Å²) in [7, 11) is 3.15. The first-order chi connectivity index (χ1) is 21.2. The molecule has 238 valence electrons. The van der Waals surface area contributed by atoms with E-state index in [1.807, 2.05) is 30.3 Å². The van der Waals surface area contributed by atoms with E-state index < -0.39 is 12.1 Å². The van der Waals surface area contributed by atoms with E-state index >= 15 is 0 Å². The standard InChI is InChI=1S/C32H42N4O7S/c1-22-31(39)33-14-5-16-36(30(38)13-19-44-25-11-12-27-28(21-25)43-18-17-42-27)15-4-6-29(37)34-26(32(40)35(22)2)20-23-7-9-24(41-3)10-8-23/h7-12,21-22,26H,4-6,13-20H2,1-3H3,(H,33,39)(H,34,37)/t22-,26-/m0/s1. The SMILES string of the molecule is COc1ccc(C[C@@H]2NC(=O)CCCN(C(=O)CCSc3ccc4c(c3)OCCO4)CCCNC(=O)[C@H](C)N(C)C2=O)cc1. The van der Waals surface area contributed by atoms with Crippen LogP contribution in [0, 0.1) is 0 Å². The number of amides is 4. The molecule has 1 fully saturated rings. The van der Waals surface area contributed by atoms with Gasteiger partial charge < -0.3 is 34.6 Å². The molecule has 0 spiro atoms. The Morgan fingerprint density at radius 3 is 2.50 bits per heavy atom. The fourth-order valence-corrected chi connectivity index (χ4v) is 5.89. The van der Waals surface area contributed by atoms with Crippen molar-refractivity contribution < 1.29 is 33.4 Å². The van der Waals surface area contributed by atoms with Crippen molar-refractivity contribution in [1.29, 1.82) is 0 Å². The molecular weight excluding hydrogens is 584 g/mol. The molecule has 4 rings (SSSR count). The van der Waals surface area contributed by atoms with E-state index in [0.717, 1.165) is 16.2 Å². The Hall–Kier alpha value is -3.93. The number of methoxy groups -OCH3 is 1. The zero-order valence-electron chi connectivity index (χ0n) is 25.6. The monoisotopic (exact) mass is 626 g/mol. The van der Waals surface area contributed by atoms with Gasteiger partial charge in [-0.1, -0.05) is 12.1 Å². The maximum absolute atomic E-state index is 13.5. The lowest BCUT2D eigenvalue weighted by Gasteiger charge is -2.29. The van der Waals surface area contributed by atoms with Crippen LogP contribution in [0.3, 0.4) is 0 Å². The largest absolute Gasteiger partial charge is 0.497 e. The second-order valence-corrected chi connectivity index (χ2v) is 12.0. The molecule has 2 atom stereocenters. The van der Waals surface area contributed by atoms with Crippen LogP contribution in [-0.2, 0) is 25.6 Å². The van der Waals surface area contributed by atoms with Gasteiger partial charge in [-0.05, 0) is 55.7 Å². The topological polar surface area (TPSA) is 127 Å². The summed E-state index contributed by atoms with van der Waals surface area (Å²) >= 11 is 1.57. The summed E-state index contributed by atoms with van der Waals surface area (Å²) in [4.78, 5) is 56.7. The van der Waals surface area contributed by atoms with Crippen LogP contribution in [0.25, 0.3) is 0 Å². The summed E-state index contributed by atoms with van der Waals surface area (Å²) in [5.74, 6) is 1.79. The highest BCUT2D eigenvalue weighted by molar-refractivity contribution is 7.99. The highest BCUT2D eigenvalue weighted by Gasteiger charge is 2.30. The fraction of sp³-hybridized carbons (Fsp3) is 0.500. The van der Waals surface area contributed by atoms with Crippen molar-refractivity contribution >= 4 is 35.4 Å². The molecule has 2 N–H and O–H groups in total. The summed E-state index contributed by atoms with van der Waals surface area (Å²) in [6, 6.07) is 11.5. The minimum absolute atomic E-state index is 0.00763. The third-order valence-corrected chi connectivity index (χ3v) is 8.72. The first kappa shape index (κ1) is 33.0. The number of thioether (sulfide) groups is 1. The van der Waals surface area contributed by atoms with Crippen molar-refractivity contribution in [2.24, 2.45) is 0 Å². The summed E-state index contributed by atoms with van der Waals surface area (Å²) < 4.78 is 16.5. The van der Waals surface area contributed by atoms with Gasteiger partial charge in [0, 0.05) is 56.6 Å². The van der Waals surface area contributed by atoms with E-state index in [1.165, 1.54) is 4.90 Å². The van der Waals surface area contributed by atoms with Crippen LogP contribution in [0.15, 0.2) is 47.4 Å². The summed E-state index contributed by atoms with van der Waals surface area (Å²) in [5.41, 5.74) is 0.846. The zero-order valence-corrected chi connectivity index (χ0v) is 26.5. The molecule has 2 aromatic carbocycles. The number of fused-ring (bicyclic) bond motifs is 1. The minimum atomic E-state index is -0.850. The van der Waals surface area contributed by atoms with Gasteiger partial charge in [-0.25, -0.2) is 0 Å². The lowest BCUT2D eigenvalue weighted by molar-refractivity contribution is -0.141. The van der Waals surface area contributed by atoms with Crippen molar-refractivity contribution in [3.05, 3.63) is 48.0 Å². The first-order valence-corrected chi connectivity index (χ1v) is 16.0. The van der Waals surface area contributed by atoms with Crippen LogP contribution < -0.4 is 24.8 Å². The van der Waals surface area contributed by atoms with Crippen LogP contribution in [0.4, 0.5) is 0 Å². The van der Waals surface area contributed by atoms with Gasteiger partial charge in [-0.3, -0.25) is 19.2 Å². The maximum atomic E-state index is 13.5. The van der Waals surface area contributed by atoms with Crippen molar-refractivity contribution in [3.8, 4) is 17.2 Å². The second kappa shape index (κ2) is 16.2. The van der Waals surface area contributed by atoms with Crippen LogP contribution in [-0.4, -0.2) is 98.3 Å². The van der Waals surface area contributed by atoms with E-state index in [0.29, 0.717) is 69.4 Å². The van der Waals surface area contributed by atoms with Crippen LogP contribution >= 0.6 is 11.8 Å². The molecule has 4 amide bonds. The van der Waals surface area contributed by atoms with Gasteiger partial charge in [-0.15, -0.1) is 11.8 Å². The van der Waals surface area contributed by atoms with Gasteiger partial charge in [-0.2, -0.15) is 0 Å². The lowest BCUT2D eigenvalue weighted by Crippen LogP contribution is -2.54. The highest BCUT2D eigenvalue weighted by atomic mass is 32.2. The van der Waals surface area contributed by atoms with Crippen LogP contribution in [0.5, 0.6) is 17.2 Å². The third-order valence-electron chi connectivity index (χ3n) is 7.73. The molecule has 2 aromatic rings.